The number of dihydropyridines is 1. The predicted molar refractivity (Wildman–Crippen MR) is 52.3 cm³/mol. The van der Waals surface area contributed by atoms with Crippen molar-refractivity contribution in [3.8, 4) is 0 Å². The Morgan fingerprint density at radius 1 is 1.45 bits per heavy atom. The number of rotatable bonds is 4. The molecule has 0 aromatic carbocycles. The van der Waals surface area contributed by atoms with Gasteiger partial charge in [0.1, 0.15) is 5.37 Å². The van der Waals surface area contributed by atoms with Gasteiger partial charge in [0.15, 0.2) is 0 Å². The van der Waals surface area contributed by atoms with Crippen molar-refractivity contribution in [2.75, 3.05) is 12.4 Å². The van der Waals surface area contributed by atoms with Crippen molar-refractivity contribution < 1.29 is 5.11 Å². The fourth-order valence-corrected chi connectivity index (χ4v) is 2.56. The van der Waals surface area contributed by atoms with E-state index in [1.54, 1.807) is 21.6 Å². The molecule has 0 bridgehead atoms. The average Bonchev–Trinajstić information content (AvgIpc) is 2.07. The van der Waals surface area contributed by atoms with Crippen LogP contribution in [-0.2, 0) is 0 Å². The van der Waals surface area contributed by atoms with Crippen molar-refractivity contribution in [2.24, 2.45) is 0 Å². The molecule has 0 fully saturated rings. The third kappa shape index (κ3) is 3.74. The zero-order valence-electron chi connectivity index (χ0n) is 6.06. The van der Waals surface area contributed by atoms with Gasteiger partial charge in [-0.2, -0.15) is 0 Å². The van der Waals surface area contributed by atoms with Gasteiger partial charge in [0.05, 0.1) is 6.61 Å². The molecular formula is C7H11NOS2. The van der Waals surface area contributed by atoms with E-state index in [-0.39, 0.29) is 6.61 Å². The predicted octanol–water partition coefficient (Wildman–Crippen LogP) is 1.36. The molecule has 1 unspecified atom stereocenters. The van der Waals surface area contributed by atoms with E-state index in [1.165, 1.54) is 0 Å². The number of nitrogens with one attached hydrogen (secondary N) is 1. The van der Waals surface area contributed by atoms with Gasteiger partial charge in [0.2, 0.25) is 0 Å². The Hall–Kier alpha value is -0.0600. The molecule has 0 aromatic rings. The average molecular weight is 189 g/mol. The first-order valence-electron chi connectivity index (χ1n) is 3.42. The quantitative estimate of drug-likeness (QED) is 0.516. The highest BCUT2D eigenvalue weighted by molar-refractivity contribution is 8.77. The number of aliphatic hydroxyl groups is 1. The van der Waals surface area contributed by atoms with E-state index in [2.05, 4.69) is 11.4 Å². The van der Waals surface area contributed by atoms with Crippen LogP contribution in [0.25, 0.3) is 0 Å². The minimum Gasteiger partial charge on any atom is -0.395 e. The van der Waals surface area contributed by atoms with E-state index in [0.29, 0.717) is 5.37 Å². The van der Waals surface area contributed by atoms with Crippen LogP contribution in [0.4, 0.5) is 0 Å². The van der Waals surface area contributed by atoms with Crippen molar-refractivity contribution in [2.45, 2.75) is 5.37 Å². The van der Waals surface area contributed by atoms with E-state index in [1.807, 2.05) is 18.4 Å². The summed E-state index contributed by atoms with van der Waals surface area (Å²) in [6.45, 7) is 0.254. The zero-order chi connectivity index (χ0) is 7.94. The van der Waals surface area contributed by atoms with Crippen LogP contribution >= 0.6 is 21.6 Å². The van der Waals surface area contributed by atoms with Gasteiger partial charge >= 0.3 is 0 Å². The van der Waals surface area contributed by atoms with Crippen molar-refractivity contribution in [1.29, 1.82) is 0 Å². The molecule has 2 N–H and O–H groups in total. The topological polar surface area (TPSA) is 32.3 Å². The second-order valence-electron chi connectivity index (χ2n) is 1.97. The molecular weight excluding hydrogens is 178 g/mol. The first-order chi connectivity index (χ1) is 5.43. The summed E-state index contributed by atoms with van der Waals surface area (Å²) in [4.78, 5) is 0. The lowest BCUT2D eigenvalue weighted by Crippen LogP contribution is -2.18. The molecule has 1 rings (SSSR count). The third-order valence-corrected chi connectivity index (χ3v) is 3.62. The van der Waals surface area contributed by atoms with Crippen LogP contribution in [0.2, 0.25) is 0 Å². The van der Waals surface area contributed by atoms with Crippen LogP contribution in [0.5, 0.6) is 0 Å². The summed E-state index contributed by atoms with van der Waals surface area (Å²) in [5.74, 6) is 0.792. The van der Waals surface area contributed by atoms with Crippen LogP contribution in [0.1, 0.15) is 0 Å². The molecule has 1 heterocycles. The van der Waals surface area contributed by atoms with Crippen molar-refractivity contribution in [1.82, 2.24) is 5.32 Å². The molecule has 0 aromatic heterocycles. The molecule has 4 heteroatoms. The first-order valence-corrected chi connectivity index (χ1v) is 5.80. The maximum atomic E-state index is 8.51. The van der Waals surface area contributed by atoms with E-state index in [4.69, 9.17) is 5.11 Å². The molecule has 0 radical (unpaired) electrons. The van der Waals surface area contributed by atoms with Crippen LogP contribution < -0.4 is 5.32 Å². The van der Waals surface area contributed by atoms with Crippen LogP contribution in [0, 0.1) is 0 Å². The summed E-state index contributed by atoms with van der Waals surface area (Å²) >= 11 is 0. The highest BCUT2D eigenvalue weighted by atomic mass is 33.1. The highest BCUT2D eigenvalue weighted by Gasteiger charge is 2.03. The fourth-order valence-electron chi connectivity index (χ4n) is 0.645. The largest absolute Gasteiger partial charge is 0.395 e. The Labute approximate surface area is 74.5 Å². The van der Waals surface area contributed by atoms with Gasteiger partial charge < -0.3 is 10.4 Å². The lowest BCUT2D eigenvalue weighted by atomic mass is 10.4. The lowest BCUT2D eigenvalue weighted by Gasteiger charge is -2.13. The smallest absolute Gasteiger partial charge is 0.101 e. The summed E-state index contributed by atoms with van der Waals surface area (Å²) in [7, 11) is 3.41. The van der Waals surface area contributed by atoms with Crippen LogP contribution in [0.15, 0.2) is 24.4 Å². The number of hydrogen-bond acceptors (Lipinski definition) is 4. The fraction of sp³-hybridized carbons (Fsp3) is 0.429. The van der Waals surface area contributed by atoms with Gasteiger partial charge in [-0.3, -0.25) is 0 Å². The molecule has 0 saturated heterocycles. The Balaban J connectivity index is 2.07. The van der Waals surface area contributed by atoms with Crippen LogP contribution in [0.3, 0.4) is 0 Å². The molecule has 62 valence electrons. The molecule has 0 aliphatic carbocycles. The Kier molecular flexibility index (Phi) is 4.58. The normalized spacial score (nSPS) is 21.7. The molecule has 11 heavy (non-hydrogen) atoms. The van der Waals surface area contributed by atoms with Gasteiger partial charge in [-0.25, -0.2) is 0 Å². The Morgan fingerprint density at radius 2 is 2.36 bits per heavy atom. The standard InChI is InChI=1S/C7H11NOS2/c9-5-6-10-11-7-3-1-2-4-8-7/h1-4,7-9H,5-6H2. The molecule has 0 spiro atoms. The molecule has 0 saturated carbocycles. The van der Waals surface area contributed by atoms with E-state index < -0.39 is 0 Å². The Bertz CT molecular complexity index is 159. The third-order valence-electron chi connectivity index (χ3n) is 1.10. The van der Waals surface area contributed by atoms with E-state index in [0.717, 1.165) is 5.75 Å². The monoisotopic (exact) mass is 189 g/mol. The molecule has 0 amide bonds. The van der Waals surface area contributed by atoms with Crippen molar-refractivity contribution in [3.05, 3.63) is 24.4 Å². The molecule has 2 nitrogen and oxygen atoms in total. The summed E-state index contributed by atoms with van der Waals surface area (Å²) in [5.41, 5.74) is 0. The number of allylic oxidation sites excluding steroid dienone is 2. The summed E-state index contributed by atoms with van der Waals surface area (Å²) in [5, 5.41) is 12.0. The van der Waals surface area contributed by atoms with Crippen molar-refractivity contribution in [3.63, 3.8) is 0 Å². The summed E-state index contributed by atoms with van der Waals surface area (Å²) < 4.78 is 0. The molecule has 1 aliphatic rings. The number of hydrogen-bond donors (Lipinski definition) is 2. The summed E-state index contributed by atoms with van der Waals surface area (Å²) in [6, 6.07) is 0. The first kappa shape index (κ1) is 9.03. The van der Waals surface area contributed by atoms with Gasteiger partial charge in [0.25, 0.3) is 0 Å². The lowest BCUT2D eigenvalue weighted by molar-refractivity contribution is 0.323. The molecule has 1 atom stereocenters. The van der Waals surface area contributed by atoms with E-state index >= 15 is 0 Å². The van der Waals surface area contributed by atoms with Gasteiger partial charge in [-0.05, 0) is 12.3 Å². The van der Waals surface area contributed by atoms with E-state index in [9.17, 15) is 0 Å². The second kappa shape index (κ2) is 5.57. The minimum absolute atomic E-state index is 0.254. The molecule has 1 aliphatic heterocycles. The summed E-state index contributed by atoms with van der Waals surface area (Å²) in [6.07, 6.45) is 8.01. The maximum Gasteiger partial charge on any atom is 0.101 e. The number of aliphatic hydroxyl groups excluding tert-OH is 1. The van der Waals surface area contributed by atoms with Gasteiger partial charge in [-0.15, -0.1) is 0 Å². The SMILES string of the molecule is OCCSSC1C=CC=CN1. The van der Waals surface area contributed by atoms with Gasteiger partial charge in [-0.1, -0.05) is 33.7 Å². The second-order valence-corrected chi connectivity index (χ2v) is 4.60. The van der Waals surface area contributed by atoms with Crippen LogP contribution in [-0.4, -0.2) is 22.8 Å². The zero-order valence-corrected chi connectivity index (χ0v) is 7.70. The van der Waals surface area contributed by atoms with Crippen molar-refractivity contribution >= 4 is 21.6 Å². The van der Waals surface area contributed by atoms with Gasteiger partial charge in [0, 0.05) is 5.75 Å². The minimum atomic E-state index is 0.254. The maximum absolute atomic E-state index is 8.51. The Morgan fingerprint density at radius 3 is 3.00 bits per heavy atom. The highest BCUT2D eigenvalue weighted by Crippen LogP contribution is 2.26.